The smallest absolute Gasteiger partial charge is 0.165 e. The van der Waals surface area contributed by atoms with Crippen molar-refractivity contribution in [3.63, 3.8) is 0 Å². The lowest BCUT2D eigenvalue weighted by molar-refractivity contribution is 0.0937. The lowest BCUT2D eigenvalue weighted by Crippen LogP contribution is -2.37. The first-order valence-electron chi connectivity index (χ1n) is 8.59. The van der Waals surface area contributed by atoms with Gasteiger partial charge in [0.15, 0.2) is 11.6 Å². The van der Waals surface area contributed by atoms with Gasteiger partial charge >= 0.3 is 0 Å². The Morgan fingerprint density at radius 2 is 1.73 bits per heavy atom. The van der Waals surface area contributed by atoms with E-state index in [4.69, 9.17) is 4.74 Å². The SMILES string of the molecule is Cl.Fc1cc2cnccc2cc1OC1CCN(Cc2ccncc2)CC1. The van der Waals surface area contributed by atoms with E-state index in [0.29, 0.717) is 5.75 Å². The van der Waals surface area contributed by atoms with Crippen LogP contribution < -0.4 is 4.74 Å². The molecular weight excluding hydrogens is 353 g/mol. The molecule has 1 aliphatic heterocycles. The number of rotatable bonds is 4. The van der Waals surface area contributed by atoms with Gasteiger partial charge in [-0.3, -0.25) is 14.9 Å². The van der Waals surface area contributed by atoms with E-state index < -0.39 is 0 Å². The van der Waals surface area contributed by atoms with Gasteiger partial charge in [0.05, 0.1) is 0 Å². The fourth-order valence-corrected chi connectivity index (χ4v) is 3.29. The number of aromatic nitrogens is 2. The molecule has 0 spiro atoms. The first-order chi connectivity index (χ1) is 12.3. The monoisotopic (exact) mass is 373 g/mol. The number of likely N-dealkylation sites (tertiary alicyclic amines) is 1. The molecule has 3 heterocycles. The van der Waals surface area contributed by atoms with Crippen LogP contribution in [0, 0.1) is 5.82 Å². The summed E-state index contributed by atoms with van der Waals surface area (Å²) in [6.07, 6.45) is 8.88. The maximum absolute atomic E-state index is 14.3. The summed E-state index contributed by atoms with van der Waals surface area (Å²) >= 11 is 0. The van der Waals surface area contributed by atoms with Gasteiger partial charge < -0.3 is 4.74 Å². The third-order valence-corrected chi connectivity index (χ3v) is 4.68. The van der Waals surface area contributed by atoms with Gasteiger partial charge in [0.2, 0.25) is 0 Å². The van der Waals surface area contributed by atoms with Crippen LogP contribution in [0.4, 0.5) is 4.39 Å². The molecule has 26 heavy (non-hydrogen) atoms. The third-order valence-electron chi connectivity index (χ3n) is 4.68. The molecule has 0 saturated carbocycles. The van der Waals surface area contributed by atoms with Crippen molar-refractivity contribution in [3.05, 3.63) is 66.5 Å². The fourth-order valence-electron chi connectivity index (χ4n) is 3.29. The average molecular weight is 374 g/mol. The van der Waals surface area contributed by atoms with Gasteiger partial charge in [-0.05, 0) is 54.1 Å². The molecule has 1 saturated heterocycles. The summed E-state index contributed by atoms with van der Waals surface area (Å²) in [5, 5.41) is 1.74. The zero-order valence-corrected chi connectivity index (χ0v) is 15.2. The van der Waals surface area contributed by atoms with Crippen LogP contribution in [-0.4, -0.2) is 34.1 Å². The van der Waals surface area contributed by atoms with Crippen molar-refractivity contribution in [3.8, 4) is 5.75 Å². The van der Waals surface area contributed by atoms with Crippen molar-refractivity contribution in [2.75, 3.05) is 13.1 Å². The minimum Gasteiger partial charge on any atom is -0.487 e. The maximum Gasteiger partial charge on any atom is 0.165 e. The fraction of sp³-hybridized carbons (Fsp3) is 0.300. The van der Waals surface area contributed by atoms with E-state index in [1.807, 2.05) is 30.6 Å². The van der Waals surface area contributed by atoms with Crippen LogP contribution in [0.2, 0.25) is 0 Å². The van der Waals surface area contributed by atoms with E-state index in [0.717, 1.165) is 43.2 Å². The highest BCUT2D eigenvalue weighted by atomic mass is 35.5. The van der Waals surface area contributed by atoms with Gasteiger partial charge in [0.1, 0.15) is 6.10 Å². The van der Waals surface area contributed by atoms with E-state index in [9.17, 15) is 4.39 Å². The summed E-state index contributed by atoms with van der Waals surface area (Å²) in [4.78, 5) is 10.5. The second-order valence-electron chi connectivity index (χ2n) is 6.45. The van der Waals surface area contributed by atoms with Crippen LogP contribution in [0.5, 0.6) is 5.75 Å². The van der Waals surface area contributed by atoms with Crippen molar-refractivity contribution in [2.24, 2.45) is 0 Å². The van der Waals surface area contributed by atoms with E-state index in [1.54, 1.807) is 18.5 Å². The minimum absolute atomic E-state index is 0. The number of pyridine rings is 2. The summed E-state index contributed by atoms with van der Waals surface area (Å²) in [5.74, 6) is 0.0194. The van der Waals surface area contributed by atoms with Crippen molar-refractivity contribution < 1.29 is 9.13 Å². The Balaban J connectivity index is 0.00000196. The van der Waals surface area contributed by atoms with E-state index in [-0.39, 0.29) is 24.3 Å². The quantitative estimate of drug-likeness (QED) is 0.685. The Morgan fingerprint density at radius 3 is 2.50 bits per heavy atom. The van der Waals surface area contributed by atoms with Crippen LogP contribution in [0.25, 0.3) is 10.8 Å². The Morgan fingerprint density at radius 1 is 1.00 bits per heavy atom. The second-order valence-corrected chi connectivity index (χ2v) is 6.45. The molecular formula is C20H21ClFN3O. The predicted octanol–water partition coefficient (Wildman–Crippen LogP) is 4.23. The van der Waals surface area contributed by atoms with Crippen molar-refractivity contribution in [1.29, 1.82) is 0 Å². The number of hydrogen-bond acceptors (Lipinski definition) is 4. The molecule has 6 heteroatoms. The molecule has 1 fully saturated rings. The Hall–Kier alpha value is -2.24. The van der Waals surface area contributed by atoms with Crippen LogP contribution in [0.3, 0.4) is 0 Å². The standard InChI is InChI=1S/C20H20FN3O.ClH/c21-19-11-17-13-23-8-3-16(17)12-20(19)25-18-4-9-24(10-5-18)14-15-1-6-22-7-2-15;/h1-3,6-8,11-13,18H,4-5,9-10,14H2;1H. The molecule has 4 nitrogen and oxygen atoms in total. The Labute approximate surface area is 158 Å². The molecule has 0 aliphatic carbocycles. The lowest BCUT2D eigenvalue weighted by Gasteiger charge is -2.32. The zero-order valence-electron chi connectivity index (χ0n) is 14.3. The summed E-state index contributed by atoms with van der Waals surface area (Å²) in [7, 11) is 0. The topological polar surface area (TPSA) is 38.2 Å². The highest BCUT2D eigenvalue weighted by Crippen LogP contribution is 2.27. The molecule has 1 aliphatic rings. The first kappa shape index (κ1) is 18.5. The van der Waals surface area contributed by atoms with Gasteiger partial charge in [0.25, 0.3) is 0 Å². The third kappa shape index (κ3) is 4.29. The lowest BCUT2D eigenvalue weighted by atomic mass is 10.1. The van der Waals surface area contributed by atoms with E-state index >= 15 is 0 Å². The Kier molecular flexibility index (Phi) is 6.01. The summed E-state index contributed by atoms with van der Waals surface area (Å²) in [5.41, 5.74) is 1.27. The number of halogens is 2. The number of ether oxygens (including phenoxy) is 1. The zero-order chi connectivity index (χ0) is 17.1. The van der Waals surface area contributed by atoms with E-state index in [2.05, 4.69) is 14.9 Å². The van der Waals surface area contributed by atoms with Crippen LogP contribution in [-0.2, 0) is 6.54 Å². The molecule has 0 radical (unpaired) electrons. The predicted molar refractivity (Wildman–Crippen MR) is 102 cm³/mol. The molecule has 0 bridgehead atoms. The molecule has 0 amide bonds. The number of hydrogen-bond donors (Lipinski definition) is 0. The molecule has 0 N–H and O–H groups in total. The molecule has 0 atom stereocenters. The number of fused-ring (bicyclic) bond motifs is 1. The van der Waals surface area contributed by atoms with Gasteiger partial charge in [0, 0.05) is 49.8 Å². The average Bonchev–Trinajstić information content (AvgIpc) is 2.65. The number of piperidine rings is 1. The molecule has 3 aromatic rings. The van der Waals surface area contributed by atoms with Crippen LogP contribution >= 0.6 is 12.4 Å². The minimum atomic E-state index is -0.320. The molecule has 0 unspecified atom stereocenters. The van der Waals surface area contributed by atoms with Gasteiger partial charge in [-0.15, -0.1) is 12.4 Å². The highest BCUT2D eigenvalue weighted by molar-refractivity contribution is 5.85. The molecule has 2 aromatic heterocycles. The summed E-state index contributed by atoms with van der Waals surface area (Å²) in [6, 6.07) is 9.23. The van der Waals surface area contributed by atoms with Gasteiger partial charge in [-0.1, -0.05) is 0 Å². The summed E-state index contributed by atoms with van der Waals surface area (Å²) < 4.78 is 20.2. The van der Waals surface area contributed by atoms with Crippen LogP contribution in [0.1, 0.15) is 18.4 Å². The molecule has 136 valence electrons. The first-order valence-corrected chi connectivity index (χ1v) is 8.59. The molecule has 1 aromatic carbocycles. The second kappa shape index (κ2) is 8.43. The van der Waals surface area contributed by atoms with Crippen LogP contribution in [0.15, 0.2) is 55.1 Å². The van der Waals surface area contributed by atoms with Crippen molar-refractivity contribution in [2.45, 2.75) is 25.5 Å². The number of nitrogens with zero attached hydrogens (tertiary/aromatic N) is 3. The number of benzene rings is 1. The highest BCUT2D eigenvalue weighted by Gasteiger charge is 2.21. The van der Waals surface area contributed by atoms with E-state index in [1.165, 1.54) is 11.6 Å². The summed E-state index contributed by atoms with van der Waals surface area (Å²) in [6.45, 7) is 2.82. The largest absolute Gasteiger partial charge is 0.487 e. The van der Waals surface area contributed by atoms with Gasteiger partial charge in [-0.25, -0.2) is 4.39 Å². The Bertz CT molecular complexity index is 854. The van der Waals surface area contributed by atoms with Crippen molar-refractivity contribution >= 4 is 23.2 Å². The normalized spacial score (nSPS) is 15.6. The van der Waals surface area contributed by atoms with Gasteiger partial charge in [-0.2, -0.15) is 0 Å². The molecule has 4 rings (SSSR count). The maximum atomic E-state index is 14.3. The van der Waals surface area contributed by atoms with Crippen molar-refractivity contribution in [1.82, 2.24) is 14.9 Å².